The molecule has 7 heteroatoms. The van der Waals surface area contributed by atoms with Crippen molar-refractivity contribution < 1.29 is 14.3 Å². The lowest BCUT2D eigenvalue weighted by Gasteiger charge is -2.13. The van der Waals surface area contributed by atoms with Crippen molar-refractivity contribution in [3.63, 3.8) is 0 Å². The molecular weight excluding hydrogens is 386 g/mol. The van der Waals surface area contributed by atoms with Crippen LogP contribution in [0, 0.1) is 6.92 Å². The van der Waals surface area contributed by atoms with Crippen LogP contribution in [-0.2, 0) is 11.2 Å². The fourth-order valence-electron chi connectivity index (χ4n) is 3.38. The number of para-hydroxylation sites is 2. The van der Waals surface area contributed by atoms with E-state index < -0.39 is 0 Å². The van der Waals surface area contributed by atoms with Crippen molar-refractivity contribution in [2.45, 2.75) is 25.7 Å². The van der Waals surface area contributed by atoms with Crippen molar-refractivity contribution in [1.29, 1.82) is 0 Å². The van der Waals surface area contributed by atoms with E-state index in [1.165, 1.54) is 11.3 Å². The van der Waals surface area contributed by atoms with Gasteiger partial charge in [-0.3, -0.25) is 14.9 Å². The second kappa shape index (κ2) is 8.05. The zero-order valence-corrected chi connectivity index (χ0v) is 17.0. The van der Waals surface area contributed by atoms with Crippen LogP contribution >= 0.6 is 11.3 Å². The molecule has 1 unspecified atom stereocenters. The van der Waals surface area contributed by atoms with Crippen LogP contribution in [-0.4, -0.2) is 23.9 Å². The van der Waals surface area contributed by atoms with E-state index in [4.69, 9.17) is 4.74 Å². The summed E-state index contributed by atoms with van der Waals surface area (Å²) in [5, 5.41) is 6.31. The van der Waals surface area contributed by atoms with Crippen LogP contribution in [0.4, 0.5) is 10.8 Å². The summed E-state index contributed by atoms with van der Waals surface area (Å²) in [5.74, 6) is -0.0398. The summed E-state index contributed by atoms with van der Waals surface area (Å²) >= 11 is 1.44. The Morgan fingerprint density at radius 3 is 2.62 bits per heavy atom. The number of hydrogen-bond donors (Lipinski definition) is 2. The lowest BCUT2D eigenvalue weighted by molar-refractivity contribution is -0.117. The van der Waals surface area contributed by atoms with Gasteiger partial charge in [0.1, 0.15) is 5.75 Å². The number of carbonyl (C=O) groups is 2. The van der Waals surface area contributed by atoms with Crippen LogP contribution in [0.3, 0.4) is 0 Å². The van der Waals surface area contributed by atoms with Gasteiger partial charge in [-0.2, -0.15) is 0 Å². The summed E-state index contributed by atoms with van der Waals surface area (Å²) in [6.45, 7) is 1.98. The highest BCUT2D eigenvalue weighted by atomic mass is 32.1. The number of anilines is 2. The van der Waals surface area contributed by atoms with Crippen LogP contribution in [0.15, 0.2) is 48.5 Å². The maximum atomic E-state index is 12.8. The van der Waals surface area contributed by atoms with Gasteiger partial charge in [-0.25, -0.2) is 4.98 Å². The Bertz CT molecular complexity index is 1060. The Morgan fingerprint density at radius 2 is 1.86 bits per heavy atom. The van der Waals surface area contributed by atoms with Crippen LogP contribution in [0.1, 0.15) is 38.8 Å². The molecule has 1 heterocycles. The average Bonchev–Trinajstić information content (AvgIpc) is 3.29. The van der Waals surface area contributed by atoms with Crippen molar-refractivity contribution in [3.8, 4) is 5.75 Å². The molecule has 2 aromatic carbocycles. The number of rotatable bonds is 5. The monoisotopic (exact) mass is 407 g/mol. The Morgan fingerprint density at radius 1 is 1.10 bits per heavy atom. The van der Waals surface area contributed by atoms with Crippen LogP contribution in [0.2, 0.25) is 0 Å². The summed E-state index contributed by atoms with van der Waals surface area (Å²) in [7, 11) is 1.57. The second-order valence-electron chi connectivity index (χ2n) is 6.93. The standard InChI is InChI=1S/C22H21N3O3S/c1-13-7-9-14(10-8-13)20(26)25-22-24-19-15(11-12-18(19)29-22)21(27)23-16-5-3-4-6-17(16)28-2/h3-10,15H,11-12H2,1-2H3,(H,23,27)(H,24,25,26). The van der Waals surface area contributed by atoms with E-state index in [9.17, 15) is 9.59 Å². The molecule has 0 radical (unpaired) electrons. The maximum absolute atomic E-state index is 12.8. The SMILES string of the molecule is COc1ccccc1NC(=O)C1CCc2sc(NC(=O)c3ccc(C)cc3)nc21. The predicted octanol–water partition coefficient (Wildman–Crippen LogP) is 4.38. The van der Waals surface area contributed by atoms with Gasteiger partial charge in [0.05, 0.1) is 24.4 Å². The first kappa shape index (κ1) is 19.1. The third kappa shape index (κ3) is 4.00. The first-order valence-electron chi connectivity index (χ1n) is 9.36. The number of ether oxygens (including phenoxy) is 1. The van der Waals surface area contributed by atoms with Crippen LogP contribution in [0.5, 0.6) is 5.75 Å². The average molecular weight is 407 g/mol. The van der Waals surface area contributed by atoms with E-state index in [2.05, 4.69) is 15.6 Å². The molecule has 2 N–H and O–H groups in total. The fraction of sp³-hybridized carbons (Fsp3) is 0.227. The summed E-state index contributed by atoms with van der Waals surface area (Å²) in [6.07, 6.45) is 1.48. The van der Waals surface area contributed by atoms with E-state index in [0.717, 1.165) is 22.6 Å². The van der Waals surface area contributed by atoms with Gasteiger partial charge in [-0.1, -0.05) is 29.8 Å². The molecule has 6 nitrogen and oxygen atoms in total. The minimum atomic E-state index is -0.337. The number of aromatic nitrogens is 1. The highest BCUT2D eigenvalue weighted by Crippen LogP contribution is 2.39. The molecule has 0 spiro atoms. The summed E-state index contributed by atoms with van der Waals surface area (Å²) in [6, 6.07) is 14.7. The first-order valence-corrected chi connectivity index (χ1v) is 10.2. The molecule has 4 rings (SSSR count). The lowest BCUT2D eigenvalue weighted by atomic mass is 10.1. The molecule has 2 amide bonds. The summed E-state index contributed by atoms with van der Waals surface area (Å²) < 4.78 is 5.30. The highest BCUT2D eigenvalue weighted by Gasteiger charge is 2.33. The number of carbonyl (C=O) groups excluding carboxylic acids is 2. The van der Waals surface area contributed by atoms with E-state index in [1.807, 2.05) is 31.2 Å². The highest BCUT2D eigenvalue weighted by molar-refractivity contribution is 7.16. The summed E-state index contributed by atoms with van der Waals surface area (Å²) in [4.78, 5) is 30.9. The maximum Gasteiger partial charge on any atom is 0.257 e. The van der Waals surface area contributed by atoms with E-state index in [-0.39, 0.29) is 17.7 Å². The quantitative estimate of drug-likeness (QED) is 0.658. The molecule has 1 aliphatic rings. The number of amides is 2. The van der Waals surface area contributed by atoms with E-state index in [1.54, 1.807) is 31.4 Å². The molecule has 0 fully saturated rings. The van der Waals surface area contributed by atoms with Gasteiger partial charge >= 0.3 is 0 Å². The van der Waals surface area contributed by atoms with Crippen molar-refractivity contribution >= 4 is 34.0 Å². The molecule has 29 heavy (non-hydrogen) atoms. The largest absolute Gasteiger partial charge is 0.495 e. The molecule has 1 aromatic heterocycles. The molecule has 0 bridgehead atoms. The molecular formula is C22H21N3O3S. The lowest BCUT2D eigenvalue weighted by Crippen LogP contribution is -2.20. The van der Waals surface area contributed by atoms with Crippen LogP contribution < -0.4 is 15.4 Å². The third-order valence-electron chi connectivity index (χ3n) is 4.93. The minimum absolute atomic E-state index is 0.116. The van der Waals surface area contributed by atoms with Crippen LogP contribution in [0.25, 0.3) is 0 Å². The smallest absolute Gasteiger partial charge is 0.257 e. The van der Waals surface area contributed by atoms with Gasteiger partial charge in [0.15, 0.2) is 5.13 Å². The van der Waals surface area contributed by atoms with Gasteiger partial charge in [-0.15, -0.1) is 11.3 Å². The number of benzene rings is 2. The number of hydrogen-bond acceptors (Lipinski definition) is 5. The number of methoxy groups -OCH3 is 1. The molecule has 0 saturated carbocycles. The second-order valence-corrected chi connectivity index (χ2v) is 8.01. The number of nitrogens with one attached hydrogen (secondary N) is 2. The van der Waals surface area contributed by atoms with Gasteiger partial charge < -0.3 is 10.1 Å². The first-order chi connectivity index (χ1) is 14.0. The number of thiazole rings is 1. The molecule has 3 aromatic rings. The zero-order valence-electron chi connectivity index (χ0n) is 16.2. The van der Waals surface area contributed by atoms with Gasteiger partial charge in [0.25, 0.3) is 5.91 Å². The van der Waals surface area contributed by atoms with E-state index in [0.29, 0.717) is 28.6 Å². The Kier molecular flexibility index (Phi) is 5.31. The van der Waals surface area contributed by atoms with Crippen molar-refractivity contribution in [2.24, 2.45) is 0 Å². The van der Waals surface area contributed by atoms with Gasteiger partial charge in [0.2, 0.25) is 5.91 Å². The Labute approximate surface area is 172 Å². The molecule has 0 saturated heterocycles. The molecule has 1 atom stereocenters. The van der Waals surface area contributed by atoms with Crippen molar-refractivity contribution in [3.05, 3.63) is 70.2 Å². The Balaban J connectivity index is 1.48. The number of nitrogens with zero attached hydrogens (tertiary/aromatic N) is 1. The topological polar surface area (TPSA) is 80.3 Å². The van der Waals surface area contributed by atoms with Crippen molar-refractivity contribution in [2.75, 3.05) is 17.7 Å². The van der Waals surface area contributed by atoms with Gasteiger partial charge in [0, 0.05) is 10.4 Å². The number of aryl methyl sites for hydroxylation is 2. The predicted molar refractivity (Wildman–Crippen MR) is 114 cm³/mol. The Hall–Kier alpha value is -3.19. The van der Waals surface area contributed by atoms with Crippen molar-refractivity contribution in [1.82, 2.24) is 4.98 Å². The van der Waals surface area contributed by atoms with E-state index >= 15 is 0 Å². The molecule has 0 aliphatic heterocycles. The summed E-state index contributed by atoms with van der Waals surface area (Å²) in [5.41, 5.74) is 3.06. The third-order valence-corrected chi connectivity index (χ3v) is 5.98. The minimum Gasteiger partial charge on any atom is -0.495 e. The normalized spacial score (nSPS) is 14.9. The molecule has 1 aliphatic carbocycles. The number of fused-ring (bicyclic) bond motifs is 1. The van der Waals surface area contributed by atoms with Gasteiger partial charge in [-0.05, 0) is 44.0 Å². The fourth-order valence-corrected chi connectivity index (χ4v) is 4.41. The molecule has 148 valence electrons. The zero-order chi connectivity index (χ0) is 20.4.